The molecule has 9 heteroatoms. The van der Waals surface area contributed by atoms with Crippen molar-refractivity contribution in [2.75, 3.05) is 0 Å². The number of esters is 1. The van der Waals surface area contributed by atoms with Crippen molar-refractivity contribution in [2.24, 2.45) is 11.8 Å². The van der Waals surface area contributed by atoms with Gasteiger partial charge in [-0.15, -0.1) is 0 Å². The molecule has 0 heterocycles. The van der Waals surface area contributed by atoms with Crippen LogP contribution in [0.15, 0.2) is 29.2 Å². The molecule has 27 heavy (non-hydrogen) atoms. The smallest absolute Gasteiger partial charge is 0.325 e. The molecule has 1 rings (SSSR count). The van der Waals surface area contributed by atoms with Crippen LogP contribution in [0.5, 0.6) is 0 Å². The third-order valence-electron chi connectivity index (χ3n) is 3.45. The number of hydrogen-bond donors (Lipinski definition) is 0. The lowest BCUT2D eigenvalue weighted by atomic mass is 9.88. The van der Waals surface area contributed by atoms with E-state index in [0.29, 0.717) is 0 Å². The number of halogens is 2. The van der Waals surface area contributed by atoms with Crippen LogP contribution in [-0.2, 0) is 24.2 Å². The highest BCUT2D eigenvalue weighted by molar-refractivity contribution is 7.94. The van der Waals surface area contributed by atoms with Gasteiger partial charge in [0.2, 0.25) is 14.0 Å². The van der Waals surface area contributed by atoms with Crippen molar-refractivity contribution in [1.82, 2.24) is 0 Å². The SMILES string of the molecule is CC(C)C(=O)C(C(=O)OC(C)(C)C)C(=O)c1ccccc1S(=O)(=O)C(Cl)Cl. The zero-order chi connectivity index (χ0) is 21.2. The molecule has 1 aromatic rings. The molecule has 0 saturated heterocycles. The third kappa shape index (κ3) is 5.77. The first-order valence-corrected chi connectivity index (χ1v) is 10.5. The molecule has 0 amide bonds. The van der Waals surface area contributed by atoms with Crippen LogP contribution in [0.2, 0.25) is 0 Å². The van der Waals surface area contributed by atoms with E-state index in [4.69, 9.17) is 27.9 Å². The maximum atomic E-state index is 13.0. The summed E-state index contributed by atoms with van der Waals surface area (Å²) in [5.74, 6) is -5.12. The van der Waals surface area contributed by atoms with Crippen molar-refractivity contribution in [3.8, 4) is 0 Å². The van der Waals surface area contributed by atoms with Gasteiger partial charge in [0.25, 0.3) is 0 Å². The first-order chi connectivity index (χ1) is 12.2. The number of sulfone groups is 1. The van der Waals surface area contributed by atoms with E-state index in [9.17, 15) is 22.8 Å². The Balaban J connectivity index is 3.53. The third-order valence-corrected chi connectivity index (χ3v) is 6.30. The summed E-state index contributed by atoms with van der Waals surface area (Å²) in [4.78, 5) is 37.7. The zero-order valence-electron chi connectivity index (χ0n) is 15.7. The topological polar surface area (TPSA) is 94.6 Å². The van der Waals surface area contributed by atoms with Crippen molar-refractivity contribution in [3.05, 3.63) is 29.8 Å². The summed E-state index contributed by atoms with van der Waals surface area (Å²) in [6.07, 6.45) is 0. The number of benzene rings is 1. The maximum absolute atomic E-state index is 13.0. The quantitative estimate of drug-likeness (QED) is 0.280. The molecule has 150 valence electrons. The Morgan fingerprint density at radius 3 is 2.00 bits per heavy atom. The van der Waals surface area contributed by atoms with Gasteiger partial charge < -0.3 is 4.74 Å². The van der Waals surface area contributed by atoms with Crippen LogP contribution in [0.3, 0.4) is 0 Å². The van der Waals surface area contributed by atoms with Crippen molar-refractivity contribution in [3.63, 3.8) is 0 Å². The fourth-order valence-corrected chi connectivity index (χ4v) is 3.73. The van der Waals surface area contributed by atoms with Crippen LogP contribution in [-0.4, -0.2) is 35.7 Å². The summed E-state index contributed by atoms with van der Waals surface area (Å²) in [7, 11) is -4.25. The molecule has 0 saturated carbocycles. The minimum absolute atomic E-state index is 0.339. The van der Waals surface area contributed by atoms with Gasteiger partial charge >= 0.3 is 5.97 Å². The molecule has 0 radical (unpaired) electrons. The summed E-state index contributed by atoms with van der Waals surface area (Å²) in [6.45, 7) is 7.84. The van der Waals surface area contributed by atoms with Crippen LogP contribution in [0, 0.1) is 11.8 Å². The summed E-state index contributed by atoms with van der Waals surface area (Å²) < 4.78 is 28.1. The molecule has 0 aliphatic rings. The van der Waals surface area contributed by atoms with Crippen LogP contribution in [0.25, 0.3) is 0 Å². The molecule has 0 spiro atoms. The Bertz CT molecular complexity index is 838. The fraction of sp³-hybridized carbons (Fsp3) is 0.500. The second-order valence-corrected chi connectivity index (χ2v) is 10.8. The molecule has 0 aliphatic carbocycles. The van der Waals surface area contributed by atoms with E-state index in [1.807, 2.05) is 0 Å². The molecule has 0 aromatic heterocycles. The number of ether oxygens (including phenoxy) is 1. The van der Waals surface area contributed by atoms with E-state index in [1.165, 1.54) is 32.0 Å². The predicted molar refractivity (Wildman–Crippen MR) is 103 cm³/mol. The Morgan fingerprint density at radius 1 is 1.04 bits per heavy atom. The summed E-state index contributed by atoms with van der Waals surface area (Å²) in [5, 5.41) is 0. The Kier molecular flexibility index (Phi) is 7.61. The predicted octanol–water partition coefficient (Wildman–Crippen LogP) is 3.59. The monoisotopic (exact) mass is 436 g/mol. The van der Waals surface area contributed by atoms with Crippen molar-refractivity contribution in [1.29, 1.82) is 0 Å². The Labute approximate surface area is 169 Å². The molecule has 0 N–H and O–H groups in total. The first kappa shape index (κ1) is 23.6. The lowest BCUT2D eigenvalue weighted by molar-refractivity contribution is -0.160. The highest BCUT2D eigenvalue weighted by Gasteiger charge is 2.41. The van der Waals surface area contributed by atoms with Crippen molar-refractivity contribution in [2.45, 2.75) is 49.3 Å². The van der Waals surface area contributed by atoms with Gasteiger partial charge in [0.1, 0.15) is 5.60 Å². The van der Waals surface area contributed by atoms with Crippen LogP contribution < -0.4 is 0 Å². The number of hydrogen-bond acceptors (Lipinski definition) is 6. The van der Waals surface area contributed by atoms with Crippen molar-refractivity contribution < 1.29 is 27.5 Å². The fourth-order valence-electron chi connectivity index (χ4n) is 2.22. The van der Waals surface area contributed by atoms with Gasteiger partial charge in [-0.05, 0) is 26.8 Å². The second-order valence-electron chi connectivity index (χ2n) is 7.19. The first-order valence-electron chi connectivity index (χ1n) is 8.12. The van der Waals surface area contributed by atoms with Gasteiger partial charge in [-0.2, -0.15) is 0 Å². The number of carbonyl (C=O) groups excluding carboxylic acids is 3. The average molecular weight is 437 g/mol. The molecular formula is C18H22Cl2O6S. The molecule has 1 atom stereocenters. The second kappa shape index (κ2) is 8.71. The number of alkyl halides is 2. The summed E-state index contributed by atoms with van der Waals surface area (Å²) >= 11 is 11.1. The Morgan fingerprint density at radius 2 is 1.56 bits per heavy atom. The van der Waals surface area contributed by atoms with Gasteiger partial charge in [-0.25, -0.2) is 8.42 Å². The summed E-state index contributed by atoms with van der Waals surface area (Å²) in [6, 6.07) is 5.14. The largest absolute Gasteiger partial charge is 0.459 e. The highest BCUT2D eigenvalue weighted by atomic mass is 35.5. The minimum atomic E-state index is -4.25. The van der Waals surface area contributed by atoms with Gasteiger partial charge in [-0.3, -0.25) is 14.4 Å². The standard InChI is InChI=1S/C18H22Cl2O6S/c1-10(2)14(21)13(16(23)26-18(3,4)5)15(22)11-8-6-7-9-12(11)27(24,25)17(19)20/h6-10,13,17H,1-5H3. The number of ketones is 2. The van der Waals surface area contributed by atoms with Crippen LogP contribution in [0.4, 0.5) is 0 Å². The average Bonchev–Trinajstić information content (AvgIpc) is 2.52. The summed E-state index contributed by atoms with van der Waals surface area (Å²) in [5.41, 5.74) is -1.27. The van der Waals surface area contributed by atoms with Gasteiger partial charge in [0.05, 0.1) is 4.90 Å². The van der Waals surface area contributed by atoms with E-state index in [1.54, 1.807) is 20.8 Å². The molecule has 1 unspecified atom stereocenters. The number of carbonyl (C=O) groups is 3. The van der Waals surface area contributed by atoms with E-state index in [0.717, 1.165) is 6.07 Å². The van der Waals surface area contributed by atoms with Gasteiger partial charge in [-0.1, -0.05) is 55.2 Å². The lowest BCUT2D eigenvalue weighted by Crippen LogP contribution is -2.39. The normalized spacial score (nSPS) is 13.5. The molecular weight excluding hydrogens is 415 g/mol. The molecule has 1 aromatic carbocycles. The molecule has 6 nitrogen and oxygen atoms in total. The van der Waals surface area contributed by atoms with E-state index in [2.05, 4.69) is 0 Å². The van der Waals surface area contributed by atoms with E-state index >= 15 is 0 Å². The van der Waals surface area contributed by atoms with E-state index in [-0.39, 0.29) is 5.56 Å². The van der Waals surface area contributed by atoms with Crippen LogP contribution >= 0.6 is 23.2 Å². The zero-order valence-corrected chi connectivity index (χ0v) is 18.0. The number of rotatable bonds is 7. The molecule has 0 aliphatic heterocycles. The number of Topliss-reactive ketones (excluding diaryl/α,β-unsaturated/α-hetero) is 2. The Hall–Kier alpha value is -1.44. The maximum Gasteiger partial charge on any atom is 0.325 e. The van der Waals surface area contributed by atoms with Gasteiger partial charge in [0.15, 0.2) is 17.5 Å². The molecule has 0 bridgehead atoms. The van der Waals surface area contributed by atoms with E-state index < -0.39 is 53.9 Å². The molecule has 0 fully saturated rings. The highest BCUT2D eigenvalue weighted by Crippen LogP contribution is 2.28. The van der Waals surface area contributed by atoms with Gasteiger partial charge in [0, 0.05) is 11.5 Å². The lowest BCUT2D eigenvalue weighted by Gasteiger charge is -2.24. The van der Waals surface area contributed by atoms with Crippen molar-refractivity contribution >= 4 is 50.6 Å². The van der Waals surface area contributed by atoms with Crippen LogP contribution in [0.1, 0.15) is 45.0 Å². The minimum Gasteiger partial charge on any atom is -0.459 e.